The summed E-state index contributed by atoms with van der Waals surface area (Å²) in [6.45, 7) is 0.783. The lowest BCUT2D eigenvalue weighted by Crippen LogP contribution is -2.23. The fourth-order valence-corrected chi connectivity index (χ4v) is 2.18. The van der Waals surface area contributed by atoms with Crippen molar-refractivity contribution in [1.29, 1.82) is 0 Å². The fourth-order valence-electron chi connectivity index (χ4n) is 2.18. The van der Waals surface area contributed by atoms with Crippen LogP contribution in [-0.4, -0.2) is 31.1 Å². The van der Waals surface area contributed by atoms with Gasteiger partial charge in [-0.2, -0.15) is 0 Å². The van der Waals surface area contributed by atoms with Gasteiger partial charge in [0.25, 0.3) is 11.6 Å². The van der Waals surface area contributed by atoms with Gasteiger partial charge in [0.15, 0.2) is 0 Å². The first kappa shape index (κ1) is 18.3. The Bertz CT molecular complexity index is 767. The molecule has 0 unspecified atom stereocenters. The molecule has 8 heteroatoms. The summed E-state index contributed by atoms with van der Waals surface area (Å²) >= 11 is 0. The van der Waals surface area contributed by atoms with Crippen LogP contribution in [0.15, 0.2) is 42.5 Å². The van der Waals surface area contributed by atoms with Gasteiger partial charge < -0.3 is 15.4 Å². The first-order valence-electron chi connectivity index (χ1n) is 7.55. The molecular formula is C17H18FN3O4. The van der Waals surface area contributed by atoms with Crippen LogP contribution in [0.4, 0.5) is 15.8 Å². The molecule has 25 heavy (non-hydrogen) atoms. The fraction of sp³-hybridized carbons (Fsp3) is 0.235. The molecule has 2 aromatic carbocycles. The lowest BCUT2D eigenvalue weighted by atomic mass is 10.1. The molecule has 2 rings (SSSR count). The van der Waals surface area contributed by atoms with E-state index in [9.17, 15) is 19.3 Å². The Hall–Kier alpha value is -3.00. The Morgan fingerprint density at radius 2 is 2.04 bits per heavy atom. The predicted octanol–water partition coefficient (Wildman–Crippen LogP) is 2.72. The number of nitrogens with zero attached hydrogens (tertiary/aromatic N) is 1. The average molecular weight is 347 g/mol. The minimum Gasteiger partial charge on any atom is -0.383 e. The van der Waals surface area contributed by atoms with Gasteiger partial charge in [0.05, 0.1) is 11.5 Å². The molecule has 0 bridgehead atoms. The minimum absolute atomic E-state index is 0.00680. The van der Waals surface area contributed by atoms with Crippen molar-refractivity contribution in [2.45, 2.75) is 6.54 Å². The topological polar surface area (TPSA) is 93.5 Å². The molecule has 2 aromatic rings. The van der Waals surface area contributed by atoms with E-state index in [4.69, 9.17) is 4.74 Å². The molecule has 0 atom stereocenters. The van der Waals surface area contributed by atoms with E-state index < -0.39 is 16.6 Å². The van der Waals surface area contributed by atoms with Crippen molar-refractivity contribution in [3.05, 3.63) is 69.5 Å². The zero-order valence-corrected chi connectivity index (χ0v) is 13.6. The standard InChI is InChI=1S/C17H18FN3O4/c1-25-9-8-19-15-7-6-12(10-16(15)21(23)24)17(22)20-11-13-4-2-3-5-14(13)18/h2-7,10,19H,8-9,11H2,1H3,(H,20,22). The number of ether oxygens (including phenoxy) is 1. The zero-order chi connectivity index (χ0) is 18.2. The summed E-state index contributed by atoms with van der Waals surface area (Å²) in [4.78, 5) is 22.8. The molecule has 0 radical (unpaired) electrons. The van der Waals surface area contributed by atoms with Crippen molar-refractivity contribution in [1.82, 2.24) is 5.32 Å². The number of amides is 1. The summed E-state index contributed by atoms with van der Waals surface area (Å²) in [5.41, 5.74) is 0.547. The highest BCUT2D eigenvalue weighted by molar-refractivity contribution is 5.95. The van der Waals surface area contributed by atoms with Crippen molar-refractivity contribution >= 4 is 17.3 Å². The van der Waals surface area contributed by atoms with Crippen LogP contribution in [0, 0.1) is 15.9 Å². The number of nitrogens with one attached hydrogen (secondary N) is 2. The number of carbonyl (C=O) groups excluding carboxylic acids is 1. The Morgan fingerprint density at radius 3 is 2.72 bits per heavy atom. The summed E-state index contributed by atoms with van der Waals surface area (Å²) in [6, 6.07) is 10.2. The van der Waals surface area contributed by atoms with Crippen LogP contribution in [0.25, 0.3) is 0 Å². The lowest BCUT2D eigenvalue weighted by molar-refractivity contribution is -0.384. The molecule has 0 aliphatic heterocycles. The second-order valence-corrected chi connectivity index (χ2v) is 5.18. The molecule has 0 aliphatic carbocycles. The largest absolute Gasteiger partial charge is 0.383 e. The first-order valence-corrected chi connectivity index (χ1v) is 7.55. The number of hydrogen-bond acceptors (Lipinski definition) is 5. The number of benzene rings is 2. The van der Waals surface area contributed by atoms with Crippen molar-refractivity contribution in [3.8, 4) is 0 Å². The number of halogens is 1. The summed E-state index contributed by atoms with van der Waals surface area (Å²) < 4.78 is 18.4. The van der Waals surface area contributed by atoms with Crippen molar-refractivity contribution in [2.75, 3.05) is 25.6 Å². The third-order valence-electron chi connectivity index (χ3n) is 3.48. The van der Waals surface area contributed by atoms with Gasteiger partial charge in [-0.3, -0.25) is 14.9 Å². The van der Waals surface area contributed by atoms with Crippen LogP contribution >= 0.6 is 0 Å². The highest BCUT2D eigenvalue weighted by Crippen LogP contribution is 2.25. The van der Waals surface area contributed by atoms with E-state index in [2.05, 4.69) is 10.6 Å². The van der Waals surface area contributed by atoms with Gasteiger partial charge >= 0.3 is 0 Å². The molecule has 0 aromatic heterocycles. The number of rotatable bonds is 8. The number of anilines is 1. The molecule has 2 N–H and O–H groups in total. The second kappa shape index (κ2) is 8.74. The van der Waals surface area contributed by atoms with Gasteiger partial charge in [-0.1, -0.05) is 18.2 Å². The Kier molecular flexibility index (Phi) is 6.41. The molecule has 0 spiro atoms. The zero-order valence-electron chi connectivity index (χ0n) is 13.6. The van der Waals surface area contributed by atoms with Gasteiger partial charge in [0.1, 0.15) is 11.5 Å². The molecule has 0 heterocycles. The van der Waals surface area contributed by atoms with Gasteiger partial charge in [-0.25, -0.2) is 4.39 Å². The maximum absolute atomic E-state index is 13.6. The molecule has 132 valence electrons. The van der Waals surface area contributed by atoms with Gasteiger partial charge in [0, 0.05) is 37.4 Å². The maximum atomic E-state index is 13.6. The molecule has 7 nitrogen and oxygen atoms in total. The van der Waals surface area contributed by atoms with Gasteiger partial charge in [0.2, 0.25) is 0 Å². The van der Waals surface area contributed by atoms with Gasteiger partial charge in [-0.15, -0.1) is 0 Å². The van der Waals surface area contributed by atoms with Crippen LogP contribution in [0.2, 0.25) is 0 Å². The quantitative estimate of drug-likeness (QED) is 0.435. The van der Waals surface area contributed by atoms with Crippen LogP contribution in [0.5, 0.6) is 0 Å². The SMILES string of the molecule is COCCNc1ccc(C(=O)NCc2ccccc2F)cc1[N+](=O)[O-]. The van der Waals surface area contributed by atoms with E-state index in [1.54, 1.807) is 18.2 Å². The van der Waals surface area contributed by atoms with E-state index in [0.29, 0.717) is 24.4 Å². The van der Waals surface area contributed by atoms with Crippen molar-refractivity contribution < 1.29 is 18.8 Å². The summed E-state index contributed by atoms with van der Waals surface area (Å²) in [5.74, 6) is -0.943. The van der Waals surface area contributed by atoms with Crippen LogP contribution < -0.4 is 10.6 Å². The normalized spacial score (nSPS) is 10.3. The first-order chi connectivity index (χ1) is 12.0. The highest BCUT2D eigenvalue weighted by atomic mass is 19.1. The molecule has 0 aliphatic rings. The average Bonchev–Trinajstić information content (AvgIpc) is 2.61. The van der Waals surface area contributed by atoms with E-state index in [-0.39, 0.29) is 17.8 Å². The summed E-state index contributed by atoms with van der Waals surface area (Å²) in [7, 11) is 1.53. The van der Waals surface area contributed by atoms with E-state index in [0.717, 1.165) is 0 Å². The summed E-state index contributed by atoms with van der Waals surface area (Å²) in [6.07, 6.45) is 0. The number of nitro groups is 1. The van der Waals surface area contributed by atoms with E-state index in [1.165, 1.54) is 31.4 Å². The lowest BCUT2D eigenvalue weighted by Gasteiger charge is -2.09. The van der Waals surface area contributed by atoms with Crippen LogP contribution in [0.1, 0.15) is 15.9 Å². The van der Waals surface area contributed by atoms with Crippen LogP contribution in [-0.2, 0) is 11.3 Å². The number of hydrogen-bond donors (Lipinski definition) is 2. The number of methoxy groups -OCH3 is 1. The van der Waals surface area contributed by atoms with E-state index in [1.807, 2.05) is 0 Å². The number of carbonyl (C=O) groups is 1. The Morgan fingerprint density at radius 1 is 1.28 bits per heavy atom. The summed E-state index contributed by atoms with van der Waals surface area (Å²) in [5, 5.41) is 16.6. The number of nitro benzene ring substituents is 1. The van der Waals surface area contributed by atoms with Gasteiger partial charge in [-0.05, 0) is 18.2 Å². The monoisotopic (exact) mass is 347 g/mol. The molecule has 0 fully saturated rings. The molecule has 1 amide bonds. The van der Waals surface area contributed by atoms with Crippen molar-refractivity contribution in [2.24, 2.45) is 0 Å². The third-order valence-corrected chi connectivity index (χ3v) is 3.48. The van der Waals surface area contributed by atoms with E-state index >= 15 is 0 Å². The highest BCUT2D eigenvalue weighted by Gasteiger charge is 2.17. The molecule has 0 saturated carbocycles. The minimum atomic E-state index is -0.567. The van der Waals surface area contributed by atoms with Crippen LogP contribution in [0.3, 0.4) is 0 Å². The smallest absolute Gasteiger partial charge is 0.293 e. The molecular weight excluding hydrogens is 329 g/mol. The predicted molar refractivity (Wildman–Crippen MR) is 91.0 cm³/mol. The Labute approximate surface area is 144 Å². The molecule has 0 saturated heterocycles. The maximum Gasteiger partial charge on any atom is 0.293 e. The van der Waals surface area contributed by atoms with Crippen molar-refractivity contribution in [3.63, 3.8) is 0 Å². The second-order valence-electron chi connectivity index (χ2n) is 5.18. The third kappa shape index (κ3) is 4.98. The Balaban J connectivity index is 2.10.